The van der Waals surface area contributed by atoms with Crippen LogP contribution in [0.1, 0.15) is 43.7 Å². The van der Waals surface area contributed by atoms with Crippen LogP contribution in [0.15, 0.2) is 48.5 Å². The van der Waals surface area contributed by atoms with Gasteiger partial charge in [-0.05, 0) is 35.6 Å². The zero-order chi connectivity index (χ0) is 23.8. The Labute approximate surface area is 193 Å². The lowest BCUT2D eigenvalue weighted by molar-refractivity contribution is -0.145. The third-order valence-electron chi connectivity index (χ3n) is 5.55. The molecular weight excluding hydrogens is 420 g/mol. The number of carbonyl (C=O) groups excluding carboxylic acids is 2. The second kappa shape index (κ2) is 11.2. The minimum absolute atomic E-state index is 0.0688. The van der Waals surface area contributed by atoms with Crippen molar-refractivity contribution in [1.29, 1.82) is 0 Å². The number of nitrogens with zero attached hydrogens (tertiary/aromatic N) is 1. The molecule has 2 N–H and O–H groups in total. The van der Waals surface area contributed by atoms with E-state index in [1.807, 2.05) is 43.3 Å². The van der Waals surface area contributed by atoms with Crippen LogP contribution in [-0.2, 0) is 14.3 Å². The van der Waals surface area contributed by atoms with Gasteiger partial charge in [0.15, 0.2) is 0 Å². The Morgan fingerprint density at radius 2 is 1.70 bits per heavy atom. The highest BCUT2D eigenvalue weighted by atomic mass is 16.5. The van der Waals surface area contributed by atoms with E-state index in [1.54, 1.807) is 6.92 Å². The molecule has 0 aromatic heterocycles. The number of carbonyl (C=O) groups is 3. The van der Waals surface area contributed by atoms with Crippen molar-refractivity contribution in [2.24, 2.45) is 0 Å². The van der Waals surface area contributed by atoms with Crippen LogP contribution in [0.25, 0.3) is 11.1 Å². The quantitative estimate of drug-likeness (QED) is 0.571. The van der Waals surface area contributed by atoms with Gasteiger partial charge in [0.25, 0.3) is 0 Å². The standard InChI is InChI=1S/C26H28N2O5/c1-3-5-14-23(25(31)28(15-4-2)16-24(29)30)27-26(32)33-17-22-20-12-8-6-10-18(20)19-11-7-9-13-21(19)22/h6-13,22-23H,4,14-17H2,1-2H3,(H,27,32)(H,29,30). The van der Waals surface area contributed by atoms with Gasteiger partial charge >= 0.3 is 12.1 Å². The topological polar surface area (TPSA) is 95.9 Å². The zero-order valence-electron chi connectivity index (χ0n) is 18.8. The highest BCUT2D eigenvalue weighted by Crippen LogP contribution is 2.44. The van der Waals surface area contributed by atoms with Crippen LogP contribution < -0.4 is 5.32 Å². The third-order valence-corrected chi connectivity index (χ3v) is 5.55. The first-order chi connectivity index (χ1) is 16.0. The van der Waals surface area contributed by atoms with Gasteiger partial charge in [-0.25, -0.2) is 4.79 Å². The SMILES string of the molecule is CC#CCC(NC(=O)OCC1c2ccccc2-c2ccccc21)C(=O)N(CCC)CC(=O)O. The Balaban J connectivity index is 1.70. The minimum Gasteiger partial charge on any atom is -0.480 e. The maximum atomic E-state index is 12.9. The van der Waals surface area contributed by atoms with E-state index in [0.29, 0.717) is 6.42 Å². The lowest BCUT2D eigenvalue weighted by Crippen LogP contribution is -2.50. The van der Waals surface area contributed by atoms with E-state index in [1.165, 1.54) is 4.90 Å². The van der Waals surface area contributed by atoms with E-state index in [-0.39, 0.29) is 25.5 Å². The number of carboxylic acid groups (broad SMARTS) is 1. The highest BCUT2D eigenvalue weighted by Gasteiger charge is 2.30. The van der Waals surface area contributed by atoms with Crippen molar-refractivity contribution in [2.75, 3.05) is 19.7 Å². The molecule has 7 nitrogen and oxygen atoms in total. The number of hydrogen-bond donors (Lipinski definition) is 2. The van der Waals surface area contributed by atoms with Gasteiger partial charge in [0, 0.05) is 18.9 Å². The van der Waals surface area contributed by atoms with Crippen molar-refractivity contribution in [3.63, 3.8) is 0 Å². The van der Waals surface area contributed by atoms with Gasteiger partial charge in [-0.1, -0.05) is 55.5 Å². The summed E-state index contributed by atoms with van der Waals surface area (Å²) in [4.78, 5) is 37.9. The summed E-state index contributed by atoms with van der Waals surface area (Å²) in [5, 5.41) is 11.7. The fraction of sp³-hybridized carbons (Fsp3) is 0.346. The molecule has 1 aliphatic rings. The smallest absolute Gasteiger partial charge is 0.407 e. The predicted octanol–water partition coefficient (Wildman–Crippen LogP) is 3.63. The average molecular weight is 449 g/mol. The van der Waals surface area contributed by atoms with Crippen LogP contribution >= 0.6 is 0 Å². The number of fused-ring (bicyclic) bond motifs is 3. The van der Waals surface area contributed by atoms with Gasteiger partial charge in [-0.2, -0.15) is 0 Å². The van der Waals surface area contributed by atoms with Crippen LogP contribution in [0, 0.1) is 11.8 Å². The molecular formula is C26H28N2O5. The van der Waals surface area contributed by atoms with Crippen molar-refractivity contribution in [3.8, 4) is 23.0 Å². The van der Waals surface area contributed by atoms with Gasteiger partial charge < -0.3 is 20.1 Å². The molecule has 0 saturated carbocycles. The first kappa shape index (κ1) is 23.9. The van der Waals surface area contributed by atoms with Crippen LogP contribution in [-0.4, -0.2) is 53.7 Å². The Morgan fingerprint density at radius 3 is 2.24 bits per heavy atom. The normalized spacial score (nSPS) is 12.5. The fourth-order valence-corrected chi connectivity index (χ4v) is 4.11. The summed E-state index contributed by atoms with van der Waals surface area (Å²) in [6.07, 6.45) is -0.0740. The van der Waals surface area contributed by atoms with Gasteiger partial charge in [0.05, 0.1) is 0 Å². The number of aliphatic carboxylic acids is 1. The summed E-state index contributed by atoms with van der Waals surface area (Å²) in [7, 11) is 0. The number of alkyl carbamates (subject to hydrolysis) is 1. The monoisotopic (exact) mass is 448 g/mol. The number of benzene rings is 2. The molecule has 0 spiro atoms. The van der Waals surface area contributed by atoms with Gasteiger partial charge in [-0.15, -0.1) is 11.8 Å². The van der Waals surface area contributed by atoms with E-state index in [2.05, 4.69) is 29.3 Å². The molecule has 33 heavy (non-hydrogen) atoms. The number of carboxylic acids is 1. The molecule has 1 aliphatic carbocycles. The molecule has 0 aliphatic heterocycles. The number of ether oxygens (including phenoxy) is 1. The van der Waals surface area contributed by atoms with Crippen LogP contribution in [0.3, 0.4) is 0 Å². The lowest BCUT2D eigenvalue weighted by Gasteiger charge is -2.25. The Bertz CT molecular complexity index is 1040. The average Bonchev–Trinajstić information content (AvgIpc) is 3.13. The van der Waals surface area contributed by atoms with Gasteiger partial charge in [0.2, 0.25) is 5.91 Å². The van der Waals surface area contributed by atoms with Crippen LogP contribution in [0.2, 0.25) is 0 Å². The summed E-state index contributed by atoms with van der Waals surface area (Å²) in [6, 6.07) is 15.1. The fourth-order valence-electron chi connectivity index (χ4n) is 4.11. The van der Waals surface area contributed by atoms with Crippen molar-refractivity contribution in [1.82, 2.24) is 10.2 Å². The van der Waals surface area contributed by atoms with Crippen molar-refractivity contribution < 1.29 is 24.2 Å². The summed E-state index contributed by atoms with van der Waals surface area (Å²) < 4.78 is 5.54. The predicted molar refractivity (Wildman–Crippen MR) is 125 cm³/mol. The largest absolute Gasteiger partial charge is 0.480 e. The maximum absolute atomic E-state index is 12.9. The molecule has 0 radical (unpaired) electrons. The van der Waals surface area contributed by atoms with Crippen LogP contribution in [0.4, 0.5) is 4.79 Å². The third kappa shape index (κ3) is 5.72. The molecule has 1 atom stereocenters. The van der Waals surface area contributed by atoms with E-state index in [9.17, 15) is 14.4 Å². The van der Waals surface area contributed by atoms with Gasteiger partial charge in [0.1, 0.15) is 19.2 Å². The number of hydrogen-bond acceptors (Lipinski definition) is 4. The summed E-state index contributed by atoms with van der Waals surface area (Å²) in [6.45, 7) is 3.44. The molecule has 0 heterocycles. The Morgan fingerprint density at radius 1 is 1.09 bits per heavy atom. The summed E-state index contributed by atoms with van der Waals surface area (Å²) in [5.41, 5.74) is 4.42. The molecule has 3 rings (SSSR count). The minimum atomic E-state index is -1.11. The first-order valence-electron chi connectivity index (χ1n) is 11.0. The molecule has 1 unspecified atom stereocenters. The van der Waals surface area contributed by atoms with Crippen LogP contribution in [0.5, 0.6) is 0 Å². The summed E-state index contributed by atoms with van der Waals surface area (Å²) in [5.74, 6) is 3.80. The molecule has 0 bridgehead atoms. The van der Waals surface area contributed by atoms with Crippen molar-refractivity contribution in [2.45, 2.75) is 38.6 Å². The second-order valence-corrected chi connectivity index (χ2v) is 7.81. The van der Waals surface area contributed by atoms with Crippen molar-refractivity contribution >= 4 is 18.0 Å². The molecule has 7 heteroatoms. The Kier molecular flexibility index (Phi) is 8.09. The number of amides is 2. The number of nitrogens with one attached hydrogen (secondary N) is 1. The lowest BCUT2D eigenvalue weighted by atomic mass is 9.98. The van der Waals surface area contributed by atoms with Gasteiger partial charge in [-0.3, -0.25) is 9.59 Å². The molecule has 0 saturated heterocycles. The molecule has 0 fully saturated rings. The maximum Gasteiger partial charge on any atom is 0.407 e. The van der Waals surface area contributed by atoms with E-state index in [4.69, 9.17) is 9.84 Å². The molecule has 2 aromatic rings. The van der Waals surface area contributed by atoms with Crippen molar-refractivity contribution in [3.05, 3.63) is 59.7 Å². The van der Waals surface area contributed by atoms with E-state index in [0.717, 1.165) is 22.3 Å². The second-order valence-electron chi connectivity index (χ2n) is 7.81. The highest BCUT2D eigenvalue weighted by molar-refractivity contribution is 5.88. The zero-order valence-corrected chi connectivity index (χ0v) is 18.8. The first-order valence-corrected chi connectivity index (χ1v) is 11.0. The Hall–Kier alpha value is -3.79. The van der Waals surface area contributed by atoms with E-state index < -0.39 is 30.6 Å². The number of rotatable bonds is 9. The molecule has 172 valence electrons. The van der Waals surface area contributed by atoms with E-state index >= 15 is 0 Å². The molecule has 2 amide bonds. The summed E-state index contributed by atoms with van der Waals surface area (Å²) >= 11 is 0. The molecule has 2 aromatic carbocycles.